The molecule has 0 spiro atoms. The second-order valence-electron chi connectivity index (χ2n) is 2.35. The molecule has 1 aliphatic heterocycles. The molecule has 0 aliphatic carbocycles. The first-order valence-corrected chi connectivity index (χ1v) is 3.62. The molecule has 0 aromatic carbocycles. The Labute approximate surface area is 68.5 Å². The van der Waals surface area contributed by atoms with Crippen molar-refractivity contribution in [2.45, 2.75) is 6.61 Å². The second kappa shape index (κ2) is 4.20. The monoisotopic (exact) mass is 180 g/mol. The molecule has 0 aromatic rings. The molecule has 0 unspecified atom stereocenters. The van der Waals surface area contributed by atoms with Gasteiger partial charge in [0.15, 0.2) is 0 Å². The van der Waals surface area contributed by atoms with Gasteiger partial charge in [-0.1, -0.05) is 0 Å². The number of hydrogen-bond donors (Lipinski definition) is 1. The van der Waals surface area contributed by atoms with Gasteiger partial charge in [-0.3, -0.25) is 0 Å². The van der Waals surface area contributed by atoms with E-state index < -0.39 is 6.61 Å². The summed E-state index contributed by atoms with van der Waals surface area (Å²) in [4.78, 5) is 12.3. The fourth-order valence-corrected chi connectivity index (χ4v) is 0.976. The van der Waals surface area contributed by atoms with Crippen molar-refractivity contribution in [3.05, 3.63) is 0 Å². The van der Waals surface area contributed by atoms with Gasteiger partial charge < -0.3 is 15.0 Å². The molecule has 1 fully saturated rings. The van der Waals surface area contributed by atoms with Crippen molar-refractivity contribution < 1.29 is 18.3 Å². The van der Waals surface area contributed by atoms with E-state index in [0.29, 0.717) is 13.1 Å². The molecule has 0 atom stereocenters. The van der Waals surface area contributed by atoms with Gasteiger partial charge in [-0.05, 0) is 0 Å². The van der Waals surface area contributed by atoms with E-state index in [2.05, 4.69) is 10.1 Å². The van der Waals surface area contributed by atoms with Crippen molar-refractivity contribution in [3.8, 4) is 0 Å². The van der Waals surface area contributed by atoms with Gasteiger partial charge in [0.1, 0.15) is 0 Å². The molecule has 2 amide bonds. The van der Waals surface area contributed by atoms with Crippen molar-refractivity contribution in [1.29, 1.82) is 0 Å². The standard InChI is InChI=1S/C6H10F2N2O2/c7-5(8)12-4-3-10-2-1-9-6(10)11/h5H,1-4H2,(H,9,11). The Morgan fingerprint density at radius 3 is 2.92 bits per heavy atom. The van der Waals surface area contributed by atoms with Gasteiger partial charge in [-0.15, -0.1) is 0 Å². The highest BCUT2D eigenvalue weighted by Crippen LogP contribution is 1.98. The van der Waals surface area contributed by atoms with Gasteiger partial charge in [0.25, 0.3) is 0 Å². The molecular weight excluding hydrogens is 170 g/mol. The van der Waals surface area contributed by atoms with Gasteiger partial charge in [0.05, 0.1) is 6.61 Å². The minimum Gasteiger partial charge on any atom is -0.336 e. The van der Waals surface area contributed by atoms with Crippen LogP contribution in [-0.4, -0.2) is 43.8 Å². The summed E-state index contributed by atoms with van der Waals surface area (Å²) in [6.07, 6.45) is 0. The Hall–Kier alpha value is -0.910. The van der Waals surface area contributed by atoms with Gasteiger partial charge in [-0.2, -0.15) is 8.78 Å². The first-order valence-electron chi connectivity index (χ1n) is 3.62. The lowest BCUT2D eigenvalue weighted by Crippen LogP contribution is -2.31. The predicted molar refractivity (Wildman–Crippen MR) is 36.9 cm³/mol. The number of urea groups is 1. The third-order valence-electron chi connectivity index (χ3n) is 1.55. The van der Waals surface area contributed by atoms with Crippen molar-refractivity contribution in [2.75, 3.05) is 26.2 Å². The van der Waals surface area contributed by atoms with Crippen molar-refractivity contribution in [2.24, 2.45) is 0 Å². The third-order valence-corrected chi connectivity index (χ3v) is 1.55. The predicted octanol–water partition coefficient (Wildman–Crippen LogP) is 0.251. The molecule has 0 aromatic heterocycles. The number of carbonyl (C=O) groups is 1. The fraction of sp³-hybridized carbons (Fsp3) is 0.833. The van der Waals surface area contributed by atoms with Crippen LogP contribution in [0.5, 0.6) is 0 Å². The molecular formula is C6H10F2N2O2. The highest BCUT2D eigenvalue weighted by molar-refractivity contribution is 5.76. The summed E-state index contributed by atoms with van der Waals surface area (Å²) < 4.78 is 26.9. The molecule has 1 rings (SSSR count). The molecule has 6 heteroatoms. The molecule has 1 N–H and O–H groups in total. The molecule has 1 saturated heterocycles. The Balaban J connectivity index is 2.10. The fourth-order valence-electron chi connectivity index (χ4n) is 0.976. The second-order valence-corrected chi connectivity index (χ2v) is 2.35. The van der Waals surface area contributed by atoms with Crippen LogP contribution in [-0.2, 0) is 4.74 Å². The SMILES string of the molecule is O=C1NCCN1CCOC(F)F. The summed E-state index contributed by atoms with van der Waals surface area (Å²) >= 11 is 0. The van der Waals surface area contributed by atoms with Crippen molar-refractivity contribution in [3.63, 3.8) is 0 Å². The topological polar surface area (TPSA) is 41.6 Å². The van der Waals surface area contributed by atoms with Gasteiger partial charge in [0, 0.05) is 19.6 Å². The highest BCUT2D eigenvalue weighted by Gasteiger charge is 2.18. The normalized spacial score (nSPS) is 17.2. The minimum atomic E-state index is -2.75. The van der Waals surface area contributed by atoms with E-state index in [-0.39, 0.29) is 19.2 Å². The first kappa shape index (κ1) is 9.18. The summed E-state index contributed by atoms with van der Waals surface area (Å²) in [6.45, 7) is -1.52. The van der Waals surface area contributed by atoms with Crippen molar-refractivity contribution in [1.82, 2.24) is 10.2 Å². The van der Waals surface area contributed by atoms with Crippen LogP contribution in [0.3, 0.4) is 0 Å². The quantitative estimate of drug-likeness (QED) is 0.673. The van der Waals surface area contributed by atoms with Gasteiger partial charge in [0.2, 0.25) is 0 Å². The van der Waals surface area contributed by atoms with E-state index in [0.717, 1.165) is 0 Å². The third kappa shape index (κ3) is 2.61. The van der Waals surface area contributed by atoms with E-state index in [1.807, 2.05) is 0 Å². The smallest absolute Gasteiger partial charge is 0.336 e. The Morgan fingerprint density at radius 1 is 1.67 bits per heavy atom. The average molecular weight is 180 g/mol. The number of rotatable bonds is 4. The number of nitrogens with zero attached hydrogens (tertiary/aromatic N) is 1. The first-order chi connectivity index (χ1) is 5.70. The molecule has 0 radical (unpaired) electrons. The minimum absolute atomic E-state index is 0.120. The zero-order chi connectivity index (χ0) is 8.97. The maximum atomic E-state index is 11.5. The molecule has 1 aliphatic rings. The van der Waals surface area contributed by atoms with Crippen LogP contribution in [0.15, 0.2) is 0 Å². The van der Waals surface area contributed by atoms with E-state index in [9.17, 15) is 13.6 Å². The summed E-state index contributed by atoms with van der Waals surface area (Å²) in [5, 5.41) is 2.55. The average Bonchev–Trinajstić information content (AvgIpc) is 2.36. The summed E-state index contributed by atoms with van der Waals surface area (Å²) in [5.41, 5.74) is 0. The summed E-state index contributed by atoms with van der Waals surface area (Å²) in [5.74, 6) is 0. The van der Waals surface area contributed by atoms with Gasteiger partial charge >= 0.3 is 12.6 Å². The lowest BCUT2D eigenvalue weighted by atomic mass is 10.5. The van der Waals surface area contributed by atoms with Crippen LogP contribution in [0.1, 0.15) is 0 Å². The number of hydrogen-bond acceptors (Lipinski definition) is 2. The molecule has 1 heterocycles. The van der Waals surface area contributed by atoms with Crippen LogP contribution in [0.25, 0.3) is 0 Å². The van der Waals surface area contributed by atoms with Crippen LogP contribution in [0.4, 0.5) is 13.6 Å². The summed E-state index contributed by atoms with van der Waals surface area (Å²) in [6, 6.07) is -0.215. The van der Waals surface area contributed by atoms with E-state index >= 15 is 0 Å². The highest BCUT2D eigenvalue weighted by atomic mass is 19.3. The molecule has 4 nitrogen and oxygen atoms in total. The van der Waals surface area contributed by atoms with Crippen LogP contribution in [0.2, 0.25) is 0 Å². The molecule has 0 bridgehead atoms. The Kier molecular flexibility index (Phi) is 3.21. The number of carbonyl (C=O) groups excluding carboxylic acids is 1. The number of halogens is 2. The maximum absolute atomic E-state index is 11.5. The molecule has 12 heavy (non-hydrogen) atoms. The van der Waals surface area contributed by atoms with Crippen molar-refractivity contribution >= 4 is 6.03 Å². The number of alkyl halides is 2. The van der Waals surface area contributed by atoms with Gasteiger partial charge in [-0.25, -0.2) is 4.79 Å². The van der Waals surface area contributed by atoms with E-state index in [1.165, 1.54) is 4.90 Å². The Bertz CT molecular complexity index is 166. The van der Waals surface area contributed by atoms with E-state index in [4.69, 9.17) is 0 Å². The number of ether oxygens (including phenoxy) is 1. The Morgan fingerprint density at radius 2 is 2.42 bits per heavy atom. The van der Waals surface area contributed by atoms with E-state index in [1.54, 1.807) is 0 Å². The number of nitrogens with one attached hydrogen (secondary N) is 1. The van der Waals surface area contributed by atoms with Crippen LogP contribution < -0.4 is 5.32 Å². The van der Waals surface area contributed by atoms with Crippen LogP contribution >= 0.6 is 0 Å². The summed E-state index contributed by atoms with van der Waals surface area (Å²) in [7, 11) is 0. The lowest BCUT2D eigenvalue weighted by molar-refractivity contribution is -0.130. The zero-order valence-electron chi connectivity index (χ0n) is 6.43. The zero-order valence-corrected chi connectivity index (χ0v) is 6.43. The van der Waals surface area contributed by atoms with Crippen LogP contribution in [0, 0.1) is 0 Å². The maximum Gasteiger partial charge on any atom is 0.345 e. The molecule has 70 valence electrons. The molecule has 0 saturated carbocycles. The largest absolute Gasteiger partial charge is 0.345 e. The number of amides is 2. The lowest BCUT2D eigenvalue weighted by Gasteiger charge is -2.13.